The van der Waals surface area contributed by atoms with E-state index < -0.39 is 12.0 Å². The summed E-state index contributed by atoms with van der Waals surface area (Å²) in [6.45, 7) is 5.51. The van der Waals surface area contributed by atoms with E-state index >= 15 is 0 Å². The highest BCUT2D eigenvalue weighted by Crippen LogP contribution is 2.46. The number of hydrogen-bond donors (Lipinski definition) is 1. The number of esters is 1. The Balaban J connectivity index is 1.74. The molecule has 9 heteroatoms. The van der Waals surface area contributed by atoms with Crippen molar-refractivity contribution in [3.05, 3.63) is 58.8 Å². The lowest BCUT2D eigenvalue weighted by Gasteiger charge is -2.36. The molecule has 1 aliphatic carbocycles. The summed E-state index contributed by atoms with van der Waals surface area (Å²) in [4.78, 5) is 32.3. The number of nitrogens with one attached hydrogen (secondary N) is 1. The third-order valence-corrected chi connectivity index (χ3v) is 6.45. The first-order valence-corrected chi connectivity index (χ1v) is 11.6. The van der Waals surface area contributed by atoms with Crippen molar-refractivity contribution in [2.24, 2.45) is 4.99 Å². The molecular formula is C24H27N3O5S. The SMILES string of the molecule is C=CCOC(=O)C1=C(C)N=C2SC=C(CC(=O)NC3CC3)N2C1c1ccc(OC)c(OC)c1. The maximum Gasteiger partial charge on any atom is 0.338 e. The van der Waals surface area contributed by atoms with E-state index in [0.717, 1.165) is 24.1 Å². The van der Waals surface area contributed by atoms with Crippen LogP contribution in [-0.4, -0.2) is 48.8 Å². The molecule has 1 aromatic rings. The van der Waals surface area contributed by atoms with Gasteiger partial charge in [-0.2, -0.15) is 0 Å². The van der Waals surface area contributed by atoms with Gasteiger partial charge < -0.3 is 24.4 Å². The molecular weight excluding hydrogens is 442 g/mol. The summed E-state index contributed by atoms with van der Waals surface area (Å²) in [5.74, 6) is 0.601. The van der Waals surface area contributed by atoms with E-state index in [1.54, 1.807) is 27.2 Å². The van der Waals surface area contributed by atoms with Gasteiger partial charge in [0.25, 0.3) is 0 Å². The number of carbonyl (C=O) groups excluding carboxylic acids is 2. The van der Waals surface area contributed by atoms with Crippen LogP contribution in [0.1, 0.15) is 37.8 Å². The molecule has 1 fully saturated rings. The molecule has 2 aliphatic heterocycles. The number of nitrogens with zero attached hydrogens (tertiary/aromatic N) is 2. The van der Waals surface area contributed by atoms with Crippen molar-refractivity contribution in [1.29, 1.82) is 0 Å². The van der Waals surface area contributed by atoms with Gasteiger partial charge in [-0.25, -0.2) is 9.79 Å². The highest BCUT2D eigenvalue weighted by Gasteiger charge is 2.41. The maximum atomic E-state index is 13.1. The minimum absolute atomic E-state index is 0.0429. The van der Waals surface area contributed by atoms with E-state index in [0.29, 0.717) is 27.9 Å². The molecule has 0 radical (unpaired) electrons. The molecule has 1 unspecified atom stereocenters. The second-order valence-electron chi connectivity index (χ2n) is 7.91. The average molecular weight is 470 g/mol. The highest BCUT2D eigenvalue weighted by atomic mass is 32.2. The predicted octanol–water partition coefficient (Wildman–Crippen LogP) is 3.68. The summed E-state index contributed by atoms with van der Waals surface area (Å²) >= 11 is 1.44. The van der Waals surface area contributed by atoms with Crippen molar-refractivity contribution in [2.75, 3.05) is 20.8 Å². The first kappa shape index (κ1) is 23.0. The van der Waals surface area contributed by atoms with Crippen LogP contribution >= 0.6 is 11.8 Å². The van der Waals surface area contributed by atoms with Gasteiger partial charge in [-0.1, -0.05) is 30.5 Å². The molecule has 1 amide bonds. The van der Waals surface area contributed by atoms with Gasteiger partial charge in [0, 0.05) is 11.7 Å². The Labute approximate surface area is 197 Å². The minimum atomic E-state index is -0.537. The van der Waals surface area contributed by atoms with Gasteiger partial charge >= 0.3 is 5.97 Å². The Morgan fingerprint density at radius 1 is 1.27 bits per heavy atom. The Bertz CT molecular complexity index is 1070. The molecule has 174 valence electrons. The van der Waals surface area contributed by atoms with Crippen LogP contribution in [-0.2, 0) is 14.3 Å². The average Bonchev–Trinajstić information content (AvgIpc) is 3.54. The van der Waals surface area contributed by atoms with Crippen molar-refractivity contribution >= 4 is 28.8 Å². The fraction of sp³-hybridized carbons (Fsp3) is 0.375. The van der Waals surface area contributed by atoms with Crippen molar-refractivity contribution in [1.82, 2.24) is 10.2 Å². The largest absolute Gasteiger partial charge is 0.493 e. The quantitative estimate of drug-likeness (QED) is 0.436. The van der Waals surface area contributed by atoms with E-state index in [1.165, 1.54) is 17.8 Å². The fourth-order valence-corrected chi connectivity index (χ4v) is 4.82. The minimum Gasteiger partial charge on any atom is -0.493 e. The monoisotopic (exact) mass is 469 g/mol. The summed E-state index contributed by atoms with van der Waals surface area (Å²) in [7, 11) is 3.14. The first-order valence-electron chi connectivity index (χ1n) is 10.7. The number of aliphatic imine (C=N–C) groups is 1. The number of methoxy groups -OCH3 is 2. The molecule has 0 saturated heterocycles. The maximum absolute atomic E-state index is 13.1. The third kappa shape index (κ3) is 4.78. The van der Waals surface area contributed by atoms with E-state index in [-0.39, 0.29) is 25.0 Å². The first-order chi connectivity index (χ1) is 16.0. The number of rotatable bonds is 9. The van der Waals surface area contributed by atoms with Gasteiger partial charge in [0.2, 0.25) is 5.91 Å². The van der Waals surface area contributed by atoms with Crippen molar-refractivity contribution in [3.63, 3.8) is 0 Å². The Morgan fingerprint density at radius 3 is 2.70 bits per heavy atom. The van der Waals surface area contributed by atoms with Crippen LogP contribution in [0.2, 0.25) is 0 Å². The zero-order valence-corrected chi connectivity index (χ0v) is 19.7. The second kappa shape index (κ2) is 9.74. The summed E-state index contributed by atoms with van der Waals surface area (Å²) < 4.78 is 16.3. The molecule has 1 saturated carbocycles. The molecule has 1 N–H and O–H groups in total. The zero-order valence-electron chi connectivity index (χ0n) is 18.9. The molecule has 3 aliphatic rings. The summed E-state index contributed by atoms with van der Waals surface area (Å²) in [5, 5.41) is 5.66. The topological polar surface area (TPSA) is 89.5 Å². The van der Waals surface area contributed by atoms with E-state index in [2.05, 4.69) is 16.9 Å². The third-order valence-electron chi connectivity index (χ3n) is 5.56. The van der Waals surface area contributed by atoms with Crippen LogP contribution < -0.4 is 14.8 Å². The lowest BCUT2D eigenvalue weighted by Crippen LogP contribution is -2.38. The number of ether oxygens (including phenoxy) is 3. The van der Waals surface area contributed by atoms with Gasteiger partial charge in [-0.3, -0.25) is 4.79 Å². The molecule has 8 nitrogen and oxygen atoms in total. The molecule has 0 bridgehead atoms. The van der Waals surface area contributed by atoms with Crippen LogP contribution in [0.5, 0.6) is 11.5 Å². The molecule has 1 aromatic carbocycles. The van der Waals surface area contributed by atoms with Crippen LogP contribution in [0.3, 0.4) is 0 Å². The van der Waals surface area contributed by atoms with Crippen LogP contribution in [0.25, 0.3) is 0 Å². The summed E-state index contributed by atoms with van der Waals surface area (Å²) in [6, 6.07) is 5.26. The number of amides is 1. The van der Waals surface area contributed by atoms with E-state index in [9.17, 15) is 9.59 Å². The zero-order chi connectivity index (χ0) is 23.5. The number of allylic oxidation sites excluding steroid dienone is 1. The van der Waals surface area contributed by atoms with Crippen LogP contribution in [0, 0.1) is 0 Å². The van der Waals surface area contributed by atoms with Crippen LogP contribution in [0.15, 0.2) is 58.2 Å². The van der Waals surface area contributed by atoms with Gasteiger partial charge in [-0.05, 0) is 42.9 Å². The molecule has 4 rings (SSSR count). The molecule has 2 heterocycles. The standard InChI is InChI=1S/C24H27N3O5S/c1-5-10-32-23(29)21-14(2)25-24-27(17(13-33-24)12-20(28)26-16-7-8-16)22(21)15-6-9-18(30-3)19(11-15)31-4/h5-6,9,11,13,16,22H,1,7-8,10,12H2,2-4H3,(H,26,28). The van der Waals surface area contributed by atoms with Gasteiger partial charge in [0.1, 0.15) is 6.61 Å². The lowest BCUT2D eigenvalue weighted by atomic mass is 9.93. The molecule has 0 aromatic heterocycles. The second-order valence-corrected chi connectivity index (χ2v) is 8.75. The van der Waals surface area contributed by atoms with E-state index in [1.807, 2.05) is 22.4 Å². The number of thioether (sulfide) groups is 1. The number of benzene rings is 1. The molecule has 33 heavy (non-hydrogen) atoms. The van der Waals surface area contributed by atoms with Gasteiger partial charge in [-0.15, -0.1) is 0 Å². The van der Waals surface area contributed by atoms with Gasteiger partial charge in [0.15, 0.2) is 16.7 Å². The normalized spacial score (nSPS) is 19.4. The summed E-state index contributed by atoms with van der Waals surface area (Å²) in [6.07, 6.45) is 3.76. The van der Waals surface area contributed by atoms with Crippen molar-refractivity contribution < 1.29 is 23.8 Å². The van der Waals surface area contributed by atoms with Gasteiger partial charge in [0.05, 0.1) is 38.0 Å². The molecule has 1 atom stereocenters. The number of amidine groups is 1. The number of carbonyl (C=O) groups is 2. The van der Waals surface area contributed by atoms with Crippen molar-refractivity contribution in [2.45, 2.75) is 38.3 Å². The van der Waals surface area contributed by atoms with Crippen LogP contribution in [0.4, 0.5) is 0 Å². The summed E-state index contributed by atoms with van der Waals surface area (Å²) in [5.41, 5.74) is 2.54. The number of fused-ring (bicyclic) bond motifs is 1. The van der Waals surface area contributed by atoms with E-state index in [4.69, 9.17) is 14.2 Å². The Morgan fingerprint density at radius 2 is 2.03 bits per heavy atom. The Hall–Kier alpha value is -3.20. The number of hydrogen-bond acceptors (Lipinski definition) is 8. The van der Waals surface area contributed by atoms with Crippen molar-refractivity contribution in [3.8, 4) is 11.5 Å². The fourth-order valence-electron chi connectivity index (χ4n) is 3.85. The highest BCUT2D eigenvalue weighted by molar-refractivity contribution is 8.16. The predicted molar refractivity (Wildman–Crippen MR) is 127 cm³/mol. The smallest absolute Gasteiger partial charge is 0.338 e. The lowest BCUT2D eigenvalue weighted by molar-refractivity contribution is -0.138. The molecule has 0 spiro atoms. The Kier molecular flexibility index (Phi) is 6.78.